The summed E-state index contributed by atoms with van der Waals surface area (Å²) in [4.78, 5) is 22.7. The van der Waals surface area contributed by atoms with E-state index in [0.717, 1.165) is 10.5 Å². The summed E-state index contributed by atoms with van der Waals surface area (Å²) in [6.07, 6.45) is -2.77. The Morgan fingerprint density at radius 3 is 2.38 bits per heavy atom. The number of nitrogens with one attached hydrogen (secondary N) is 1. The van der Waals surface area contributed by atoms with Gasteiger partial charge in [-0.3, -0.25) is 14.0 Å². The monoisotopic (exact) mass is 564 g/mol. The van der Waals surface area contributed by atoms with Crippen molar-refractivity contribution in [1.82, 2.24) is 14.9 Å². The number of aromatic nitrogens is 2. The molecule has 2 atom stereocenters. The lowest BCUT2D eigenvalue weighted by molar-refractivity contribution is -0.190. The number of hydrogen-bond donors (Lipinski definition) is 1. The summed E-state index contributed by atoms with van der Waals surface area (Å²) in [7, 11) is 3.25. The Hall–Kier alpha value is -3.25. The standard InChI is InChI=1S/C27H31F3N4O4S/c1-16(37-3)23-21(15-31-20-9-10-22(38-4)33-24(20)23)32-19-7-5-17(6-8-19)25(27(28,29)30)34(2)26(35)18-11-13-39(36)14-12-18/h5-10,15-16,18,25,32H,11-14H2,1-4H3/t16-,18?,25-,39?/m0/s1. The zero-order valence-electron chi connectivity index (χ0n) is 22.1. The van der Waals surface area contributed by atoms with E-state index >= 15 is 0 Å². The van der Waals surface area contributed by atoms with Crippen LogP contribution in [0.1, 0.15) is 43.0 Å². The molecule has 1 aliphatic rings. The maximum absolute atomic E-state index is 14.2. The van der Waals surface area contributed by atoms with Crippen molar-refractivity contribution in [2.45, 2.75) is 38.1 Å². The van der Waals surface area contributed by atoms with Crippen molar-refractivity contribution in [1.29, 1.82) is 0 Å². The number of benzene rings is 1. The number of rotatable bonds is 8. The molecule has 12 heteroatoms. The lowest BCUT2D eigenvalue weighted by Gasteiger charge is -2.34. The van der Waals surface area contributed by atoms with Crippen molar-refractivity contribution in [3.63, 3.8) is 0 Å². The molecule has 3 heterocycles. The minimum absolute atomic E-state index is 0.0585. The molecule has 1 fully saturated rings. The molecule has 0 saturated carbocycles. The number of anilines is 2. The minimum Gasteiger partial charge on any atom is -0.481 e. The molecule has 0 spiro atoms. The van der Waals surface area contributed by atoms with Gasteiger partial charge in [0.2, 0.25) is 11.8 Å². The van der Waals surface area contributed by atoms with Crippen LogP contribution in [0.2, 0.25) is 0 Å². The molecular weight excluding hydrogens is 533 g/mol. The Balaban J connectivity index is 1.62. The largest absolute Gasteiger partial charge is 0.481 e. The van der Waals surface area contributed by atoms with Crippen LogP contribution < -0.4 is 10.1 Å². The molecule has 8 nitrogen and oxygen atoms in total. The van der Waals surface area contributed by atoms with Gasteiger partial charge in [-0.15, -0.1) is 0 Å². The van der Waals surface area contributed by atoms with Gasteiger partial charge in [-0.1, -0.05) is 12.1 Å². The molecule has 0 aliphatic carbocycles. The van der Waals surface area contributed by atoms with Gasteiger partial charge >= 0.3 is 6.18 Å². The molecule has 1 N–H and O–H groups in total. The van der Waals surface area contributed by atoms with Crippen molar-refractivity contribution < 1.29 is 31.6 Å². The first kappa shape index (κ1) is 28.8. The molecule has 39 heavy (non-hydrogen) atoms. The highest BCUT2D eigenvalue weighted by atomic mass is 32.2. The van der Waals surface area contributed by atoms with Gasteiger partial charge < -0.3 is 19.7 Å². The van der Waals surface area contributed by atoms with Crippen LogP contribution in [0.3, 0.4) is 0 Å². The van der Waals surface area contributed by atoms with Crippen LogP contribution in [0.25, 0.3) is 11.0 Å². The van der Waals surface area contributed by atoms with Crippen LogP contribution in [0, 0.1) is 5.92 Å². The lowest BCUT2D eigenvalue weighted by atomic mass is 9.98. The number of ether oxygens (including phenoxy) is 2. The van der Waals surface area contributed by atoms with Gasteiger partial charge in [-0.25, -0.2) is 4.98 Å². The van der Waals surface area contributed by atoms with E-state index in [1.54, 1.807) is 25.4 Å². The van der Waals surface area contributed by atoms with Crippen molar-refractivity contribution >= 4 is 39.1 Å². The average Bonchev–Trinajstić information content (AvgIpc) is 2.92. The summed E-state index contributed by atoms with van der Waals surface area (Å²) in [6, 6.07) is 7.16. The molecule has 1 amide bonds. The highest BCUT2D eigenvalue weighted by molar-refractivity contribution is 7.85. The van der Waals surface area contributed by atoms with E-state index in [2.05, 4.69) is 15.3 Å². The summed E-state index contributed by atoms with van der Waals surface area (Å²) >= 11 is 0. The van der Waals surface area contributed by atoms with E-state index in [9.17, 15) is 22.2 Å². The summed E-state index contributed by atoms with van der Waals surface area (Å²) < 4.78 is 65.0. The van der Waals surface area contributed by atoms with Gasteiger partial charge in [0.1, 0.15) is 5.52 Å². The van der Waals surface area contributed by atoms with Crippen LogP contribution in [-0.4, -0.2) is 63.9 Å². The van der Waals surface area contributed by atoms with E-state index in [-0.39, 0.29) is 11.7 Å². The number of halogens is 3. The number of pyridine rings is 2. The second-order valence-electron chi connectivity index (χ2n) is 9.45. The van der Waals surface area contributed by atoms with Gasteiger partial charge in [0.15, 0.2) is 6.04 Å². The summed E-state index contributed by atoms with van der Waals surface area (Å²) in [5.74, 6) is -0.0750. The third kappa shape index (κ3) is 6.33. The SMILES string of the molecule is COc1ccc2ncc(Nc3ccc([C@H](N(C)C(=O)C4CCS(=O)CC4)C(F)(F)F)cc3)c([C@H](C)OC)c2n1. The molecule has 0 unspecified atom stereocenters. The highest BCUT2D eigenvalue weighted by Crippen LogP contribution is 2.39. The van der Waals surface area contributed by atoms with E-state index in [1.165, 1.54) is 38.4 Å². The van der Waals surface area contributed by atoms with Crippen LogP contribution in [0.4, 0.5) is 24.5 Å². The Morgan fingerprint density at radius 2 is 1.79 bits per heavy atom. The zero-order valence-corrected chi connectivity index (χ0v) is 22.9. The summed E-state index contributed by atoms with van der Waals surface area (Å²) in [5, 5.41) is 3.22. The molecule has 210 valence electrons. The van der Waals surface area contributed by atoms with Gasteiger partial charge in [0.25, 0.3) is 0 Å². The Morgan fingerprint density at radius 1 is 1.13 bits per heavy atom. The predicted octanol–water partition coefficient (Wildman–Crippen LogP) is 5.31. The van der Waals surface area contributed by atoms with Crippen molar-refractivity contribution in [3.8, 4) is 5.88 Å². The first-order chi connectivity index (χ1) is 18.5. The third-order valence-electron chi connectivity index (χ3n) is 6.98. The predicted molar refractivity (Wildman–Crippen MR) is 143 cm³/mol. The van der Waals surface area contributed by atoms with Gasteiger partial charge in [-0.05, 0) is 43.5 Å². The number of carbonyl (C=O) groups excluding carboxylic acids is 1. The van der Waals surface area contributed by atoms with Crippen molar-refractivity contribution in [2.75, 3.05) is 38.1 Å². The Bertz CT molecular complexity index is 1340. The van der Waals surface area contributed by atoms with Crippen LogP contribution in [0.15, 0.2) is 42.6 Å². The van der Waals surface area contributed by atoms with Crippen molar-refractivity contribution in [2.24, 2.45) is 5.92 Å². The second kappa shape index (κ2) is 11.9. The van der Waals surface area contributed by atoms with Gasteiger partial charge in [-0.2, -0.15) is 13.2 Å². The Kier molecular flexibility index (Phi) is 8.75. The zero-order chi connectivity index (χ0) is 28.3. The third-order valence-corrected chi connectivity index (χ3v) is 8.37. The van der Waals surface area contributed by atoms with E-state index in [1.807, 2.05) is 6.92 Å². The number of methoxy groups -OCH3 is 2. The summed E-state index contributed by atoms with van der Waals surface area (Å²) in [5.41, 5.74) is 2.99. The van der Waals surface area contributed by atoms with Gasteiger partial charge in [0.05, 0.1) is 30.6 Å². The second-order valence-corrected chi connectivity index (χ2v) is 11.1. The number of amides is 1. The maximum Gasteiger partial charge on any atom is 0.413 e. The minimum atomic E-state index is -4.68. The number of alkyl halides is 3. The van der Waals surface area contributed by atoms with Crippen LogP contribution in [-0.2, 0) is 20.3 Å². The van der Waals surface area contributed by atoms with Crippen molar-refractivity contribution in [3.05, 3.63) is 53.7 Å². The number of hydrogen-bond acceptors (Lipinski definition) is 7. The normalized spacial score (nSPS) is 19.4. The molecular formula is C27H31F3N4O4S. The highest BCUT2D eigenvalue weighted by Gasteiger charge is 2.46. The molecule has 1 saturated heterocycles. The van der Waals surface area contributed by atoms with Crippen LogP contribution in [0.5, 0.6) is 5.88 Å². The number of fused-ring (bicyclic) bond motifs is 1. The molecule has 0 bridgehead atoms. The first-order valence-corrected chi connectivity index (χ1v) is 13.9. The molecule has 0 radical (unpaired) electrons. The maximum atomic E-state index is 14.2. The topological polar surface area (TPSA) is 93.7 Å². The average molecular weight is 565 g/mol. The molecule has 3 aromatic rings. The number of nitrogens with zero attached hydrogens (tertiary/aromatic N) is 3. The van der Waals surface area contributed by atoms with Gasteiger partial charge in [0, 0.05) is 59.7 Å². The fourth-order valence-electron chi connectivity index (χ4n) is 4.80. The van der Waals surface area contributed by atoms with E-state index in [4.69, 9.17) is 9.47 Å². The number of carbonyl (C=O) groups is 1. The molecule has 1 aliphatic heterocycles. The molecule has 4 rings (SSSR count). The molecule has 2 aromatic heterocycles. The van der Waals surface area contributed by atoms with E-state index in [0.29, 0.717) is 52.6 Å². The smallest absolute Gasteiger partial charge is 0.413 e. The first-order valence-electron chi connectivity index (χ1n) is 12.4. The molecule has 1 aromatic carbocycles. The summed E-state index contributed by atoms with van der Waals surface area (Å²) in [6.45, 7) is 1.86. The van der Waals surface area contributed by atoms with Crippen LogP contribution >= 0.6 is 0 Å². The van der Waals surface area contributed by atoms with E-state index < -0.39 is 34.8 Å². The quantitative estimate of drug-likeness (QED) is 0.396. The fourth-order valence-corrected chi connectivity index (χ4v) is 6.10. The Labute approximate surface area is 227 Å². The fraction of sp³-hybridized carbons (Fsp3) is 0.444. The lowest BCUT2D eigenvalue weighted by Crippen LogP contribution is -2.43.